The van der Waals surface area contributed by atoms with Crippen LogP contribution in [0.15, 0.2) is 97.2 Å². The van der Waals surface area contributed by atoms with Crippen molar-refractivity contribution in [3.63, 3.8) is 0 Å². The predicted octanol–water partition coefficient (Wildman–Crippen LogP) is 22.6. The van der Waals surface area contributed by atoms with Crippen LogP contribution in [0, 0.1) is 0 Å². The molecule has 1 atom stereocenters. The summed E-state index contributed by atoms with van der Waals surface area (Å²) in [6, 6.07) is 0. The third kappa shape index (κ3) is 63.4. The number of esters is 2. The van der Waals surface area contributed by atoms with E-state index in [1.165, 1.54) is 205 Å². The van der Waals surface area contributed by atoms with Crippen LogP contribution in [0.4, 0.5) is 0 Å². The number of hydrogen-bond donors (Lipinski definition) is 1. The number of unbranched alkanes of at least 4 members (excludes halogenated alkanes) is 36. The van der Waals surface area contributed by atoms with Crippen molar-refractivity contribution in [1.82, 2.24) is 0 Å². The molecule has 0 saturated carbocycles. The first-order valence-electron chi connectivity index (χ1n) is 32.8. The van der Waals surface area contributed by atoms with Crippen molar-refractivity contribution >= 4 is 11.9 Å². The van der Waals surface area contributed by atoms with Gasteiger partial charge in [0.1, 0.15) is 6.61 Å². The molecule has 0 spiro atoms. The monoisotopic (exact) mass is 1060 g/mol. The summed E-state index contributed by atoms with van der Waals surface area (Å²) < 4.78 is 10.7. The van der Waals surface area contributed by atoms with E-state index in [1.54, 1.807) is 0 Å². The standard InChI is InChI=1S/C71H124O5/c1-3-5-7-9-11-13-15-17-19-21-23-25-27-29-31-32-33-34-35-36-37-38-40-41-43-45-47-49-51-53-55-57-59-61-63-65-70(73)75-68-69(67-72)76-71(74)66-64-62-60-58-56-54-52-50-48-46-44-42-39-30-28-26-24-22-20-18-16-14-12-10-8-6-4-2/h6,8,12,14-15,17-18,20-21,23-24,26,30,39,44,46,69,72H,3-5,7,9-11,13,16,19,22,25,27-29,31-38,40-43,45,47-68H2,1-2H3/b8-6-,14-12-,17-15-,20-18-,23-21-,26-24-,39-30-,46-44-. The molecule has 5 heteroatoms. The lowest BCUT2D eigenvalue weighted by atomic mass is 10.0. The van der Waals surface area contributed by atoms with Gasteiger partial charge in [-0.3, -0.25) is 9.59 Å². The Morgan fingerprint density at radius 2 is 0.566 bits per heavy atom. The van der Waals surface area contributed by atoms with Crippen molar-refractivity contribution in [3.05, 3.63) is 97.2 Å². The third-order valence-corrected chi connectivity index (χ3v) is 14.4. The SMILES string of the molecule is CC/C=C\C/C=C\C/C=C\C/C=C\C/C=C\C/C=C\CCCCCCCCCCC(=O)OC(CO)COC(=O)CCCCCCCCCCCCCCCCCCCCCCCCC/C=C\C/C=C\CCCCCCC. The summed E-state index contributed by atoms with van der Waals surface area (Å²) >= 11 is 0. The number of allylic oxidation sites excluding steroid dienone is 16. The van der Waals surface area contributed by atoms with Gasteiger partial charge in [0.15, 0.2) is 6.10 Å². The molecule has 0 aliphatic heterocycles. The zero-order valence-electron chi connectivity index (χ0n) is 50.3. The molecule has 76 heavy (non-hydrogen) atoms. The Kier molecular flexibility index (Phi) is 63.3. The number of carbonyl (C=O) groups is 2. The maximum absolute atomic E-state index is 12.3. The summed E-state index contributed by atoms with van der Waals surface area (Å²) in [5.41, 5.74) is 0. The van der Waals surface area contributed by atoms with Crippen molar-refractivity contribution in [2.45, 2.75) is 328 Å². The van der Waals surface area contributed by atoms with E-state index < -0.39 is 6.10 Å². The predicted molar refractivity (Wildman–Crippen MR) is 334 cm³/mol. The molecule has 438 valence electrons. The van der Waals surface area contributed by atoms with E-state index in [9.17, 15) is 14.7 Å². The van der Waals surface area contributed by atoms with Gasteiger partial charge in [-0.1, -0.05) is 310 Å². The lowest BCUT2D eigenvalue weighted by Crippen LogP contribution is -2.28. The van der Waals surface area contributed by atoms with E-state index in [0.717, 1.165) is 89.9 Å². The molecule has 0 bridgehead atoms. The van der Waals surface area contributed by atoms with E-state index in [2.05, 4.69) is 111 Å². The Labute approximate surface area is 472 Å². The van der Waals surface area contributed by atoms with Gasteiger partial charge >= 0.3 is 11.9 Å². The molecule has 0 radical (unpaired) electrons. The molecular weight excluding hydrogens is 933 g/mol. The van der Waals surface area contributed by atoms with E-state index in [1.807, 2.05) is 0 Å². The van der Waals surface area contributed by atoms with Crippen molar-refractivity contribution in [3.8, 4) is 0 Å². The van der Waals surface area contributed by atoms with Crippen LogP contribution in [0.2, 0.25) is 0 Å². The van der Waals surface area contributed by atoms with Crippen LogP contribution >= 0.6 is 0 Å². The Bertz CT molecular complexity index is 1430. The molecule has 0 amide bonds. The van der Waals surface area contributed by atoms with Crippen molar-refractivity contribution in [2.75, 3.05) is 13.2 Å². The van der Waals surface area contributed by atoms with Crippen LogP contribution in [-0.2, 0) is 19.1 Å². The van der Waals surface area contributed by atoms with Gasteiger partial charge in [0.25, 0.3) is 0 Å². The zero-order valence-corrected chi connectivity index (χ0v) is 50.3. The maximum atomic E-state index is 12.3. The first kappa shape index (κ1) is 72.8. The van der Waals surface area contributed by atoms with E-state index in [4.69, 9.17) is 9.47 Å². The summed E-state index contributed by atoms with van der Waals surface area (Å²) in [5, 5.41) is 9.69. The third-order valence-electron chi connectivity index (χ3n) is 14.4. The quantitative estimate of drug-likeness (QED) is 0.0373. The highest BCUT2D eigenvalue weighted by molar-refractivity contribution is 5.70. The second kappa shape index (κ2) is 66.1. The highest BCUT2D eigenvalue weighted by atomic mass is 16.6. The van der Waals surface area contributed by atoms with Gasteiger partial charge in [-0.2, -0.15) is 0 Å². The van der Waals surface area contributed by atoms with Crippen molar-refractivity contribution < 1.29 is 24.2 Å². The summed E-state index contributed by atoms with van der Waals surface area (Å²) in [6.07, 6.45) is 94.2. The Morgan fingerprint density at radius 3 is 0.855 bits per heavy atom. The molecule has 5 nitrogen and oxygen atoms in total. The lowest BCUT2D eigenvalue weighted by molar-refractivity contribution is -0.161. The number of hydrogen-bond acceptors (Lipinski definition) is 5. The maximum Gasteiger partial charge on any atom is 0.306 e. The number of ether oxygens (including phenoxy) is 2. The molecule has 1 unspecified atom stereocenters. The average molecular weight is 1060 g/mol. The molecule has 0 heterocycles. The highest BCUT2D eigenvalue weighted by Gasteiger charge is 2.16. The fraction of sp³-hybridized carbons (Fsp3) is 0.746. The summed E-state index contributed by atoms with van der Waals surface area (Å²) in [4.78, 5) is 24.6. The minimum Gasteiger partial charge on any atom is -0.462 e. The first-order chi connectivity index (χ1) is 37.6. The van der Waals surface area contributed by atoms with Crippen LogP contribution in [0.25, 0.3) is 0 Å². The van der Waals surface area contributed by atoms with Gasteiger partial charge in [0, 0.05) is 12.8 Å². The molecule has 0 saturated heterocycles. The summed E-state index contributed by atoms with van der Waals surface area (Å²) in [5.74, 6) is -0.592. The topological polar surface area (TPSA) is 72.8 Å². The fourth-order valence-electron chi connectivity index (χ4n) is 9.47. The molecule has 0 aromatic rings. The number of carbonyl (C=O) groups excluding carboxylic acids is 2. The Balaban J connectivity index is 3.46. The van der Waals surface area contributed by atoms with Crippen molar-refractivity contribution in [2.24, 2.45) is 0 Å². The number of rotatable bonds is 60. The van der Waals surface area contributed by atoms with Gasteiger partial charge in [-0.15, -0.1) is 0 Å². The van der Waals surface area contributed by atoms with Crippen LogP contribution < -0.4 is 0 Å². The summed E-state index contributed by atoms with van der Waals surface area (Å²) in [7, 11) is 0. The normalized spacial score (nSPS) is 12.8. The van der Waals surface area contributed by atoms with Gasteiger partial charge in [0.05, 0.1) is 6.61 Å². The van der Waals surface area contributed by atoms with Gasteiger partial charge in [0.2, 0.25) is 0 Å². The van der Waals surface area contributed by atoms with Crippen LogP contribution in [0.1, 0.15) is 322 Å². The molecule has 0 aliphatic rings. The Hall–Kier alpha value is -3.18. The number of aliphatic hydroxyl groups is 1. The van der Waals surface area contributed by atoms with E-state index in [-0.39, 0.29) is 25.2 Å². The van der Waals surface area contributed by atoms with E-state index in [0.29, 0.717) is 12.8 Å². The van der Waals surface area contributed by atoms with Gasteiger partial charge < -0.3 is 14.6 Å². The highest BCUT2D eigenvalue weighted by Crippen LogP contribution is 2.17. The van der Waals surface area contributed by atoms with Crippen LogP contribution in [-0.4, -0.2) is 36.4 Å². The Morgan fingerprint density at radius 1 is 0.316 bits per heavy atom. The molecule has 0 aromatic heterocycles. The van der Waals surface area contributed by atoms with Crippen LogP contribution in [0.5, 0.6) is 0 Å². The van der Waals surface area contributed by atoms with Gasteiger partial charge in [-0.05, 0) is 96.3 Å². The zero-order chi connectivity index (χ0) is 54.8. The molecule has 0 aromatic carbocycles. The smallest absolute Gasteiger partial charge is 0.306 e. The first-order valence-corrected chi connectivity index (χ1v) is 32.8. The van der Waals surface area contributed by atoms with Gasteiger partial charge in [-0.25, -0.2) is 0 Å². The number of aliphatic hydroxyl groups excluding tert-OH is 1. The molecule has 0 fully saturated rings. The largest absolute Gasteiger partial charge is 0.462 e. The molecular formula is C71H124O5. The molecule has 0 rings (SSSR count). The summed E-state index contributed by atoms with van der Waals surface area (Å²) in [6.45, 7) is 4.04. The minimum atomic E-state index is -0.782. The van der Waals surface area contributed by atoms with Crippen LogP contribution in [0.3, 0.4) is 0 Å². The second-order valence-corrected chi connectivity index (χ2v) is 21.8. The minimum absolute atomic E-state index is 0.0707. The fourth-order valence-corrected chi connectivity index (χ4v) is 9.47. The molecule has 1 N–H and O–H groups in total. The second-order valence-electron chi connectivity index (χ2n) is 21.8. The van der Waals surface area contributed by atoms with Crippen molar-refractivity contribution in [1.29, 1.82) is 0 Å². The lowest BCUT2D eigenvalue weighted by Gasteiger charge is -2.15. The average Bonchev–Trinajstić information content (AvgIpc) is 3.42. The molecule has 0 aliphatic carbocycles. The van der Waals surface area contributed by atoms with E-state index >= 15 is 0 Å².